The van der Waals surface area contributed by atoms with Crippen LogP contribution in [0, 0.1) is 0 Å². The third-order valence-electron chi connectivity index (χ3n) is 20.0. The van der Waals surface area contributed by atoms with Gasteiger partial charge < -0.3 is 152 Å². The lowest BCUT2D eigenvalue weighted by Crippen LogP contribution is -2.64. The minimum atomic E-state index is -1.46. The maximum Gasteiger partial charge on any atom is 0.222 e. The van der Waals surface area contributed by atoms with Gasteiger partial charge in [0.05, 0.1) is 65.6 Å². The highest BCUT2D eigenvalue weighted by molar-refractivity contribution is 5.79. The monoisotopic (exact) mass is 1700 g/mol. The van der Waals surface area contributed by atoms with Crippen LogP contribution in [0.5, 0.6) is 0 Å². The van der Waals surface area contributed by atoms with Gasteiger partial charge >= 0.3 is 0 Å². The van der Waals surface area contributed by atoms with Crippen molar-refractivity contribution in [2.45, 2.75) is 291 Å². The number of β-amino-alcohol motifs (C(OH)–C–C–N with tert-alkyl or cyclic N) is 1. The van der Waals surface area contributed by atoms with Gasteiger partial charge in [0.25, 0.3) is 0 Å². The lowest BCUT2D eigenvalue weighted by Gasteiger charge is -2.42. The van der Waals surface area contributed by atoms with Gasteiger partial charge in [-0.05, 0) is 77.0 Å². The Morgan fingerprint density at radius 2 is 0.627 bits per heavy atom. The van der Waals surface area contributed by atoms with Crippen molar-refractivity contribution >= 4 is 65.0 Å². The van der Waals surface area contributed by atoms with Crippen molar-refractivity contribution in [3.8, 4) is 0 Å². The van der Waals surface area contributed by atoms with E-state index in [0.717, 1.165) is 44.9 Å². The molecule has 4 rings (SSSR count). The topological polar surface area (TPSA) is 597 Å². The predicted octanol–water partition coefficient (Wildman–Crippen LogP) is -5.19. The van der Waals surface area contributed by atoms with Gasteiger partial charge in [-0.25, -0.2) is 0 Å². The normalized spacial score (nSPS) is 24.8. The van der Waals surface area contributed by atoms with Gasteiger partial charge in [0.15, 0.2) is 18.9 Å². The van der Waals surface area contributed by atoms with Crippen LogP contribution in [-0.4, -0.2) is 356 Å². The molecule has 0 aliphatic carbocycles. The van der Waals surface area contributed by atoms with E-state index in [1.165, 1.54) is 20.8 Å². The summed E-state index contributed by atoms with van der Waals surface area (Å²) in [5.74, 6) is -3.65. The van der Waals surface area contributed by atoms with Crippen LogP contribution in [0.4, 0.5) is 0 Å². The molecule has 0 bridgehead atoms. The zero-order valence-electron chi connectivity index (χ0n) is 68.8. The molecule has 0 aromatic rings. The van der Waals surface area contributed by atoms with E-state index in [1.807, 2.05) is 0 Å². The van der Waals surface area contributed by atoms with Gasteiger partial charge in [-0.15, -0.1) is 0 Å². The molecule has 0 radical (unpaired) electrons. The molecule has 4 aliphatic heterocycles. The first-order chi connectivity index (χ1) is 56.6. The van der Waals surface area contributed by atoms with Crippen LogP contribution in [-0.2, 0) is 95.4 Å². The number of aliphatic hydroxyl groups excluding tert-OH is 10. The van der Waals surface area contributed by atoms with E-state index in [0.29, 0.717) is 90.1 Å². The molecule has 4 saturated heterocycles. The fraction of sp³-hybridized carbons (Fsp3) is 0.857. The number of nitrogens with one attached hydrogen (secondary N) is 10. The maximum atomic E-state index is 14.0. The summed E-state index contributed by atoms with van der Waals surface area (Å²) in [7, 11) is 0. The summed E-state index contributed by atoms with van der Waals surface area (Å²) in [4.78, 5) is 141. The molecule has 0 saturated carbocycles. The first kappa shape index (κ1) is 104. The second-order valence-electron chi connectivity index (χ2n) is 30.3. The largest absolute Gasteiger partial charge is 0.394 e. The van der Waals surface area contributed by atoms with Gasteiger partial charge in [-0.2, -0.15) is 0 Å². The number of amides is 11. The summed E-state index contributed by atoms with van der Waals surface area (Å²) < 4.78 is 52.2. The van der Waals surface area contributed by atoms with E-state index in [9.17, 15) is 104 Å². The highest BCUT2D eigenvalue weighted by Gasteiger charge is 2.48. The molecule has 4 heterocycles. The van der Waals surface area contributed by atoms with E-state index in [2.05, 4.69) is 53.2 Å². The summed E-state index contributed by atoms with van der Waals surface area (Å²) in [6, 6.07) is -3.29. The van der Waals surface area contributed by atoms with Crippen molar-refractivity contribution < 1.29 is 146 Å². The lowest BCUT2D eigenvalue weighted by molar-refractivity contribution is -0.270. The van der Waals surface area contributed by atoms with Crippen LogP contribution in [0.2, 0.25) is 0 Å². The van der Waals surface area contributed by atoms with E-state index >= 15 is 0 Å². The molecule has 118 heavy (non-hydrogen) atoms. The highest BCUT2D eigenvalue weighted by atomic mass is 16.7. The number of unbranched alkanes of at least 4 members (excludes halogenated alkanes) is 10. The summed E-state index contributed by atoms with van der Waals surface area (Å²) in [6.07, 6.45) is -4.68. The summed E-state index contributed by atoms with van der Waals surface area (Å²) in [5.41, 5.74) is -1.42. The second kappa shape index (κ2) is 60.0. The van der Waals surface area contributed by atoms with Crippen LogP contribution in [0.15, 0.2) is 0 Å². The Labute approximate surface area is 689 Å². The summed E-state index contributed by atoms with van der Waals surface area (Å²) >= 11 is 0. The Bertz CT molecular complexity index is 2690. The number of nitrogens with zero attached hydrogens (tertiary/aromatic N) is 1. The molecule has 20 N–H and O–H groups in total. The molecule has 680 valence electrons. The van der Waals surface area contributed by atoms with Crippen LogP contribution in [0.25, 0.3) is 0 Å². The SMILES string of the molecule is CC(=O)NC1C(OCCCCC(=O)NCCCNC(=O)CCOCC(COCCC(=O)NCCCNC(=O)CCCCOC2OC(CO)C(O)C(O)C2NC(C)=O)(COCCC(=O)NCCCNC(=O)CCCCOC2OC(CO)C(O)C(O)C2NC(C)=O)NC(=O)CCCCCCCCCCC(=O)N2CC[C@@H](O)C2)OC(CO)C(O)C1O. The number of carbonyl (C=O) groups is 11. The lowest BCUT2D eigenvalue weighted by atomic mass is 9.97. The van der Waals surface area contributed by atoms with Gasteiger partial charge in [0.2, 0.25) is 65.0 Å². The Morgan fingerprint density at radius 3 is 0.915 bits per heavy atom. The Balaban J connectivity index is 1.29. The molecule has 41 nitrogen and oxygen atoms in total. The van der Waals surface area contributed by atoms with Gasteiger partial charge in [0.1, 0.15) is 78.6 Å². The minimum absolute atomic E-state index is 0.0641. The molecule has 0 aromatic heterocycles. The van der Waals surface area contributed by atoms with Gasteiger partial charge in [-0.1, -0.05) is 38.5 Å². The Morgan fingerprint density at radius 1 is 0.347 bits per heavy atom. The highest BCUT2D eigenvalue weighted by Crippen LogP contribution is 2.26. The zero-order chi connectivity index (χ0) is 86.6. The number of carbonyl (C=O) groups excluding carboxylic acids is 11. The van der Waals surface area contributed by atoms with Crippen molar-refractivity contribution in [3.63, 3.8) is 0 Å². The van der Waals surface area contributed by atoms with Crippen LogP contribution in [0.1, 0.15) is 188 Å². The molecule has 41 heteroatoms. The van der Waals surface area contributed by atoms with Crippen molar-refractivity contribution in [3.05, 3.63) is 0 Å². The molecular weight excluding hydrogens is 1560 g/mol. The number of likely N-dealkylation sites (tertiary alicyclic amines) is 1. The third-order valence-corrected chi connectivity index (χ3v) is 20.0. The Hall–Kier alpha value is -6.59. The van der Waals surface area contributed by atoms with Crippen LogP contribution < -0.4 is 53.2 Å². The fourth-order valence-corrected chi connectivity index (χ4v) is 13.4. The third kappa shape index (κ3) is 42.3. The molecule has 4 aliphatic rings. The van der Waals surface area contributed by atoms with Crippen molar-refractivity contribution in [2.24, 2.45) is 0 Å². The van der Waals surface area contributed by atoms with Crippen LogP contribution in [0.3, 0.4) is 0 Å². The quantitative estimate of drug-likeness (QED) is 0.0253. The average Bonchev–Trinajstić information content (AvgIpc) is 0.845. The number of ether oxygens (including phenoxy) is 9. The van der Waals surface area contributed by atoms with E-state index in [-0.39, 0.29) is 191 Å². The van der Waals surface area contributed by atoms with Gasteiger partial charge in [0, 0.05) is 144 Å². The second-order valence-corrected chi connectivity index (χ2v) is 30.3. The number of hydrogen-bond donors (Lipinski definition) is 20. The van der Waals surface area contributed by atoms with E-state index < -0.39 is 141 Å². The molecular formula is C77H137N11O30. The standard InChI is InChI=1S/C77H137N11O30/c1-50(92)84-65-71(107)68(104)54(44-89)116-74(65)113-37-15-12-21-57(96)78-30-18-33-81-60(99)27-40-110-47-77(87-63(102)24-10-8-6-4-5-7-9-11-25-64(103)88-36-26-53(95)43-88,48-111-41-28-61(100)82-34-19-31-79-58(97)22-13-16-38-114-75-66(85-51(2)93)72(108)69(105)55(45-90)117-75)49-112-42-29-62(101)83-35-20-32-80-59(98)23-14-17-39-115-76-67(86-52(3)94)73(109)70(106)56(46-91)118-76/h53-56,65-76,89-91,95,104-109H,4-49H2,1-3H3,(H,78,96)(H,79,97)(H,80,98)(H,81,99)(H,82,100)(H,83,101)(H,84,92)(H,85,93)(H,86,94)(H,87,102)/t53-,54?,55?,56?,65?,66?,67?,68?,69?,70?,71?,72?,73?,74?,75?,76?,77?/m1/s1. The minimum Gasteiger partial charge on any atom is -0.394 e. The summed E-state index contributed by atoms with van der Waals surface area (Å²) in [6.45, 7) is 3.33. The molecule has 4 fully saturated rings. The first-order valence-corrected chi connectivity index (χ1v) is 41.7. The van der Waals surface area contributed by atoms with Crippen molar-refractivity contribution in [1.29, 1.82) is 0 Å². The van der Waals surface area contributed by atoms with Crippen LogP contribution >= 0.6 is 0 Å². The van der Waals surface area contributed by atoms with Gasteiger partial charge in [-0.3, -0.25) is 52.7 Å². The molecule has 0 aromatic carbocycles. The van der Waals surface area contributed by atoms with Crippen molar-refractivity contribution in [2.75, 3.05) is 132 Å². The first-order valence-electron chi connectivity index (χ1n) is 41.7. The van der Waals surface area contributed by atoms with E-state index in [1.54, 1.807) is 4.90 Å². The summed E-state index contributed by atoms with van der Waals surface area (Å²) in [5, 5.41) is 128. The Kier molecular flexibility index (Phi) is 52.8. The van der Waals surface area contributed by atoms with Crippen molar-refractivity contribution in [1.82, 2.24) is 58.1 Å². The number of hydrogen-bond acceptors (Lipinski definition) is 30. The average molecular weight is 1700 g/mol. The fourth-order valence-electron chi connectivity index (χ4n) is 13.4. The zero-order valence-corrected chi connectivity index (χ0v) is 68.8. The van der Waals surface area contributed by atoms with E-state index in [4.69, 9.17) is 42.6 Å². The molecule has 11 amide bonds. The predicted molar refractivity (Wildman–Crippen MR) is 418 cm³/mol. The smallest absolute Gasteiger partial charge is 0.222 e. The number of aliphatic hydroxyl groups is 10. The number of rotatable bonds is 63. The maximum absolute atomic E-state index is 14.0. The molecule has 16 atom stereocenters. The molecule has 15 unspecified atom stereocenters. The molecule has 0 spiro atoms.